The van der Waals surface area contributed by atoms with Gasteiger partial charge in [-0.25, -0.2) is 0 Å². The summed E-state index contributed by atoms with van der Waals surface area (Å²) in [4.78, 5) is 13.7. The van der Waals surface area contributed by atoms with E-state index in [1.807, 2.05) is 13.8 Å². The fourth-order valence-electron chi connectivity index (χ4n) is 2.67. The van der Waals surface area contributed by atoms with Gasteiger partial charge in [-0.1, -0.05) is 12.8 Å². The minimum Gasteiger partial charge on any atom is -0.342 e. The van der Waals surface area contributed by atoms with Crippen LogP contribution < -0.4 is 5.32 Å². The second-order valence-electron chi connectivity index (χ2n) is 5.97. The van der Waals surface area contributed by atoms with Crippen molar-refractivity contribution >= 4 is 5.91 Å². The predicted molar refractivity (Wildman–Crippen MR) is 72.3 cm³/mol. The monoisotopic (exact) mass is 294 g/mol. The van der Waals surface area contributed by atoms with Crippen molar-refractivity contribution in [1.82, 2.24) is 10.2 Å². The molecule has 1 aliphatic rings. The molecule has 1 N–H and O–H groups in total. The Hall–Kier alpha value is -0.780. The first-order valence-electron chi connectivity index (χ1n) is 7.24. The molecule has 0 aromatic rings. The summed E-state index contributed by atoms with van der Waals surface area (Å²) >= 11 is 0. The SMILES string of the molecule is CC(C)N(C)C(=O)[C@H](C)N[C@@H]1CCCC[C@@H]1C(F)(F)F. The van der Waals surface area contributed by atoms with Crippen molar-refractivity contribution in [1.29, 1.82) is 0 Å². The summed E-state index contributed by atoms with van der Waals surface area (Å²) in [6.45, 7) is 5.40. The largest absolute Gasteiger partial charge is 0.393 e. The Kier molecular flexibility index (Phi) is 5.86. The van der Waals surface area contributed by atoms with Crippen LogP contribution in [0.25, 0.3) is 0 Å². The summed E-state index contributed by atoms with van der Waals surface area (Å²) < 4.78 is 39.0. The normalized spacial score (nSPS) is 25.6. The van der Waals surface area contributed by atoms with Gasteiger partial charge in [-0.05, 0) is 33.6 Å². The fraction of sp³-hybridized carbons (Fsp3) is 0.929. The van der Waals surface area contributed by atoms with E-state index >= 15 is 0 Å². The summed E-state index contributed by atoms with van der Waals surface area (Å²) in [5.41, 5.74) is 0. The van der Waals surface area contributed by atoms with Crippen LogP contribution in [-0.2, 0) is 4.79 Å². The molecule has 0 unspecified atom stereocenters. The van der Waals surface area contributed by atoms with E-state index in [1.165, 1.54) is 0 Å². The van der Waals surface area contributed by atoms with E-state index in [2.05, 4.69) is 5.32 Å². The van der Waals surface area contributed by atoms with E-state index < -0.39 is 24.2 Å². The molecule has 3 atom stereocenters. The van der Waals surface area contributed by atoms with E-state index in [0.29, 0.717) is 12.8 Å². The van der Waals surface area contributed by atoms with Crippen LogP contribution >= 0.6 is 0 Å². The first-order chi connectivity index (χ1) is 9.14. The van der Waals surface area contributed by atoms with Crippen molar-refractivity contribution in [3.05, 3.63) is 0 Å². The lowest BCUT2D eigenvalue weighted by atomic mass is 9.83. The molecule has 6 heteroatoms. The number of amides is 1. The third kappa shape index (κ3) is 4.36. The van der Waals surface area contributed by atoms with Crippen LogP contribution in [0.1, 0.15) is 46.5 Å². The molecule has 1 fully saturated rings. The minimum absolute atomic E-state index is 0.0384. The van der Waals surface area contributed by atoms with Gasteiger partial charge in [-0.2, -0.15) is 13.2 Å². The van der Waals surface area contributed by atoms with Gasteiger partial charge in [0.15, 0.2) is 0 Å². The molecule has 1 rings (SSSR count). The highest BCUT2D eigenvalue weighted by molar-refractivity contribution is 5.81. The Morgan fingerprint density at radius 3 is 2.25 bits per heavy atom. The van der Waals surface area contributed by atoms with E-state index in [0.717, 1.165) is 6.42 Å². The molecule has 1 amide bonds. The summed E-state index contributed by atoms with van der Waals surface area (Å²) in [7, 11) is 1.67. The zero-order chi connectivity index (χ0) is 15.5. The Labute approximate surface area is 118 Å². The highest BCUT2D eigenvalue weighted by atomic mass is 19.4. The number of nitrogens with zero attached hydrogens (tertiary/aromatic N) is 1. The van der Waals surface area contributed by atoms with Gasteiger partial charge < -0.3 is 10.2 Å². The van der Waals surface area contributed by atoms with E-state index in [1.54, 1.807) is 18.9 Å². The average Bonchev–Trinajstić information content (AvgIpc) is 2.36. The van der Waals surface area contributed by atoms with Crippen molar-refractivity contribution in [3.63, 3.8) is 0 Å². The molecular weight excluding hydrogens is 269 g/mol. The van der Waals surface area contributed by atoms with Crippen molar-refractivity contribution in [3.8, 4) is 0 Å². The van der Waals surface area contributed by atoms with Crippen LogP contribution in [0, 0.1) is 5.92 Å². The van der Waals surface area contributed by atoms with Crippen molar-refractivity contribution in [2.45, 2.75) is 70.8 Å². The molecule has 0 aliphatic heterocycles. The van der Waals surface area contributed by atoms with Crippen LogP contribution in [0.15, 0.2) is 0 Å². The molecule has 0 aromatic heterocycles. The molecule has 3 nitrogen and oxygen atoms in total. The highest BCUT2D eigenvalue weighted by Gasteiger charge is 2.46. The number of alkyl halides is 3. The molecule has 0 radical (unpaired) electrons. The second-order valence-corrected chi connectivity index (χ2v) is 5.97. The lowest BCUT2D eigenvalue weighted by Gasteiger charge is -2.36. The van der Waals surface area contributed by atoms with Gasteiger partial charge in [-0.15, -0.1) is 0 Å². The Morgan fingerprint density at radius 1 is 1.20 bits per heavy atom. The molecule has 0 aromatic carbocycles. The zero-order valence-corrected chi connectivity index (χ0v) is 12.6. The Morgan fingerprint density at radius 2 is 1.75 bits per heavy atom. The molecule has 0 bridgehead atoms. The fourth-order valence-corrected chi connectivity index (χ4v) is 2.67. The first kappa shape index (κ1) is 17.3. The minimum atomic E-state index is -4.19. The van der Waals surface area contributed by atoms with E-state index in [9.17, 15) is 18.0 Å². The van der Waals surface area contributed by atoms with E-state index in [4.69, 9.17) is 0 Å². The van der Waals surface area contributed by atoms with Gasteiger partial charge >= 0.3 is 6.18 Å². The summed E-state index contributed by atoms with van der Waals surface area (Å²) in [6, 6.07) is -1.20. The number of carbonyl (C=O) groups is 1. The number of hydrogen-bond acceptors (Lipinski definition) is 2. The Balaban J connectivity index is 2.67. The van der Waals surface area contributed by atoms with Gasteiger partial charge in [-0.3, -0.25) is 4.79 Å². The van der Waals surface area contributed by atoms with Gasteiger partial charge in [0.25, 0.3) is 0 Å². The number of likely N-dealkylation sites (N-methyl/N-ethyl adjacent to an activating group) is 1. The summed E-state index contributed by atoms with van der Waals surface area (Å²) in [6.07, 6.45) is -2.16. The number of nitrogens with one attached hydrogen (secondary N) is 1. The molecule has 20 heavy (non-hydrogen) atoms. The quantitative estimate of drug-likeness (QED) is 0.864. The lowest BCUT2D eigenvalue weighted by Crippen LogP contribution is -2.53. The van der Waals surface area contributed by atoms with Crippen LogP contribution in [0.5, 0.6) is 0 Å². The number of rotatable bonds is 4. The smallest absolute Gasteiger partial charge is 0.342 e. The second kappa shape index (κ2) is 6.78. The predicted octanol–water partition coefficient (Wildman–Crippen LogP) is 2.95. The highest BCUT2D eigenvalue weighted by Crippen LogP contribution is 2.37. The average molecular weight is 294 g/mol. The summed E-state index contributed by atoms with van der Waals surface area (Å²) in [5.74, 6) is -1.50. The van der Waals surface area contributed by atoms with Crippen LogP contribution in [0.2, 0.25) is 0 Å². The number of hydrogen-bond donors (Lipinski definition) is 1. The molecule has 0 heterocycles. The van der Waals surface area contributed by atoms with Crippen LogP contribution in [0.3, 0.4) is 0 Å². The molecule has 1 aliphatic carbocycles. The van der Waals surface area contributed by atoms with Crippen molar-refractivity contribution in [2.75, 3.05) is 7.05 Å². The third-order valence-electron chi connectivity index (χ3n) is 4.14. The maximum Gasteiger partial charge on any atom is 0.393 e. The zero-order valence-electron chi connectivity index (χ0n) is 12.6. The standard InChI is InChI=1S/C14H25F3N2O/c1-9(2)19(4)13(20)10(3)18-12-8-6-5-7-11(12)14(15,16)17/h9-12,18H,5-8H2,1-4H3/t10-,11-,12+/m0/s1. The molecule has 1 saturated carbocycles. The van der Waals surface area contributed by atoms with Gasteiger partial charge in [0.05, 0.1) is 12.0 Å². The maximum absolute atomic E-state index is 13.0. The van der Waals surface area contributed by atoms with Crippen molar-refractivity contribution < 1.29 is 18.0 Å². The first-order valence-corrected chi connectivity index (χ1v) is 7.24. The van der Waals surface area contributed by atoms with Gasteiger partial charge in [0, 0.05) is 19.1 Å². The van der Waals surface area contributed by atoms with Crippen molar-refractivity contribution in [2.24, 2.45) is 5.92 Å². The number of carbonyl (C=O) groups excluding carboxylic acids is 1. The lowest BCUT2D eigenvalue weighted by molar-refractivity contribution is -0.189. The molecular formula is C14H25F3N2O. The Bertz CT molecular complexity index is 331. The van der Waals surface area contributed by atoms with Gasteiger partial charge in [0.1, 0.15) is 0 Å². The molecule has 0 spiro atoms. The number of halogens is 3. The van der Waals surface area contributed by atoms with Crippen LogP contribution in [-0.4, -0.2) is 42.2 Å². The summed E-state index contributed by atoms with van der Waals surface area (Å²) in [5, 5.41) is 2.90. The van der Waals surface area contributed by atoms with Crippen LogP contribution in [0.4, 0.5) is 13.2 Å². The molecule has 0 saturated heterocycles. The topological polar surface area (TPSA) is 32.3 Å². The van der Waals surface area contributed by atoms with E-state index in [-0.39, 0.29) is 18.4 Å². The van der Waals surface area contributed by atoms with Gasteiger partial charge in [0.2, 0.25) is 5.91 Å². The third-order valence-corrected chi connectivity index (χ3v) is 4.14. The maximum atomic E-state index is 13.0. The molecule has 118 valence electrons.